The minimum absolute atomic E-state index is 0.118. The van der Waals surface area contributed by atoms with E-state index in [2.05, 4.69) is 5.32 Å². The van der Waals surface area contributed by atoms with Gasteiger partial charge in [-0.15, -0.1) is 0 Å². The van der Waals surface area contributed by atoms with Gasteiger partial charge in [-0.25, -0.2) is 8.42 Å². The molecule has 3 aromatic rings. The van der Waals surface area contributed by atoms with Gasteiger partial charge in [0.2, 0.25) is 21.8 Å². The fourth-order valence-corrected chi connectivity index (χ4v) is 5.21. The Morgan fingerprint density at radius 2 is 1.60 bits per heavy atom. The van der Waals surface area contributed by atoms with Crippen molar-refractivity contribution in [2.24, 2.45) is 0 Å². The highest BCUT2D eigenvalue weighted by molar-refractivity contribution is 7.89. The van der Waals surface area contributed by atoms with Crippen molar-refractivity contribution < 1.29 is 18.0 Å². The first-order chi connectivity index (χ1) is 16.7. The van der Waals surface area contributed by atoms with E-state index in [1.807, 2.05) is 69.3 Å². The monoisotopic (exact) mass is 495 g/mol. The van der Waals surface area contributed by atoms with Crippen molar-refractivity contribution in [1.29, 1.82) is 0 Å². The maximum Gasteiger partial charge on any atom is 0.243 e. The standard InChI is InChI=1S/C27H33N3O4S/c1-5-25(27(32)28-6-2)30(18-23-14-8-7-11-20(23)3)26(31)19-29(4)35(33,34)24-16-15-21-12-9-10-13-22(21)17-24/h7-17,25H,5-6,18-19H2,1-4H3,(H,28,32). The fourth-order valence-electron chi connectivity index (χ4n) is 4.06. The number of likely N-dealkylation sites (N-methyl/N-ethyl adjacent to an activating group) is 2. The predicted molar refractivity (Wildman–Crippen MR) is 138 cm³/mol. The SMILES string of the molecule is CCNC(=O)C(CC)N(Cc1ccccc1C)C(=O)CN(C)S(=O)(=O)c1ccc2ccccc2c1. The second-order valence-electron chi connectivity index (χ2n) is 8.54. The van der Waals surface area contributed by atoms with Gasteiger partial charge in [0.1, 0.15) is 6.04 Å². The van der Waals surface area contributed by atoms with Gasteiger partial charge in [0.15, 0.2) is 0 Å². The van der Waals surface area contributed by atoms with Crippen molar-refractivity contribution in [2.45, 2.75) is 44.7 Å². The Morgan fingerprint density at radius 3 is 2.26 bits per heavy atom. The number of sulfonamides is 1. The predicted octanol–water partition coefficient (Wildman–Crippen LogP) is 3.71. The minimum Gasteiger partial charge on any atom is -0.355 e. The summed E-state index contributed by atoms with van der Waals surface area (Å²) in [6.45, 7) is 5.89. The molecule has 0 radical (unpaired) electrons. The van der Waals surface area contributed by atoms with Crippen LogP contribution < -0.4 is 5.32 Å². The van der Waals surface area contributed by atoms with Crippen LogP contribution >= 0.6 is 0 Å². The maximum atomic E-state index is 13.5. The number of aryl methyl sites for hydroxylation is 1. The molecule has 0 saturated carbocycles. The van der Waals surface area contributed by atoms with E-state index < -0.39 is 22.0 Å². The summed E-state index contributed by atoms with van der Waals surface area (Å²) in [5.41, 5.74) is 1.90. The number of hydrogen-bond donors (Lipinski definition) is 1. The Bertz CT molecular complexity index is 1310. The summed E-state index contributed by atoms with van der Waals surface area (Å²) >= 11 is 0. The lowest BCUT2D eigenvalue weighted by Crippen LogP contribution is -2.51. The Balaban J connectivity index is 1.89. The average molecular weight is 496 g/mol. The molecule has 0 aliphatic rings. The van der Waals surface area contributed by atoms with E-state index in [4.69, 9.17) is 0 Å². The van der Waals surface area contributed by atoms with E-state index in [0.717, 1.165) is 26.2 Å². The summed E-state index contributed by atoms with van der Waals surface area (Å²) in [6, 6.07) is 19.4. The van der Waals surface area contributed by atoms with Crippen LogP contribution in [0.4, 0.5) is 0 Å². The summed E-state index contributed by atoms with van der Waals surface area (Å²) < 4.78 is 27.6. The number of hydrogen-bond acceptors (Lipinski definition) is 4. The van der Waals surface area contributed by atoms with Crippen LogP contribution in [0.25, 0.3) is 10.8 Å². The molecule has 0 saturated heterocycles. The van der Waals surface area contributed by atoms with Crippen molar-refractivity contribution in [2.75, 3.05) is 20.1 Å². The first kappa shape index (κ1) is 26.4. The number of amides is 2. The molecule has 3 aromatic carbocycles. The Morgan fingerprint density at radius 1 is 0.943 bits per heavy atom. The number of nitrogens with zero attached hydrogens (tertiary/aromatic N) is 2. The molecule has 0 spiro atoms. The van der Waals surface area contributed by atoms with Gasteiger partial charge in [-0.3, -0.25) is 9.59 Å². The molecule has 0 aromatic heterocycles. The van der Waals surface area contributed by atoms with Crippen molar-refractivity contribution >= 4 is 32.6 Å². The van der Waals surface area contributed by atoms with Crippen LogP contribution in [0, 0.1) is 6.92 Å². The van der Waals surface area contributed by atoms with Crippen molar-refractivity contribution in [1.82, 2.24) is 14.5 Å². The number of rotatable bonds is 10. The summed E-state index contributed by atoms with van der Waals surface area (Å²) in [4.78, 5) is 27.9. The average Bonchev–Trinajstić information content (AvgIpc) is 2.84. The van der Waals surface area contributed by atoms with Gasteiger partial charge in [-0.05, 0) is 54.3 Å². The largest absolute Gasteiger partial charge is 0.355 e. The highest BCUT2D eigenvalue weighted by Gasteiger charge is 2.31. The molecule has 7 nitrogen and oxygen atoms in total. The molecular weight excluding hydrogens is 462 g/mol. The molecule has 0 aliphatic carbocycles. The quantitative estimate of drug-likeness (QED) is 0.465. The normalized spacial score (nSPS) is 12.5. The molecule has 0 fully saturated rings. The Hall–Kier alpha value is -3.23. The second-order valence-corrected chi connectivity index (χ2v) is 10.6. The number of fused-ring (bicyclic) bond motifs is 1. The van der Waals surface area contributed by atoms with E-state index >= 15 is 0 Å². The Kier molecular flexibility index (Phi) is 8.64. The van der Waals surface area contributed by atoms with E-state index in [9.17, 15) is 18.0 Å². The fraction of sp³-hybridized carbons (Fsp3) is 0.333. The third-order valence-electron chi connectivity index (χ3n) is 6.13. The van der Waals surface area contributed by atoms with Gasteiger partial charge >= 0.3 is 0 Å². The third-order valence-corrected chi connectivity index (χ3v) is 7.93. The zero-order valence-corrected chi connectivity index (χ0v) is 21.5. The highest BCUT2D eigenvalue weighted by Crippen LogP contribution is 2.22. The van der Waals surface area contributed by atoms with E-state index in [1.54, 1.807) is 18.2 Å². The zero-order chi connectivity index (χ0) is 25.6. The van der Waals surface area contributed by atoms with Crippen molar-refractivity contribution in [3.63, 3.8) is 0 Å². The molecule has 0 aliphatic heterocycles. The molecule has 0 heterocycles. The number of benzene rings is 3. The summed E-state index contributed by atoms with van der Waals surface area (Å²) in [5.74, 6) is -0.685. The molecular formula is C27H33N3O4S. The minimum atomic E-state index is -3.92. The van der Waals surface area contributed by atoms with E-state index in [-0.39, 0.29) is 23.9 Å². The smallest absolute Gasteiger partial charge is 0.243 e. The first-order valence-corrected chi connectivity index (χ1v) is 13.2. The first-order valence-electron chi connectivity index (χ1n) is 11.8. The molecule has 3 rings (SSSR count). The van der Waals surface area contributed by atoms with Gasteiger partial charge < -0.3 is 10.2 Å². The van der Waals surface area contributed by atoms with Crippen LogP contribution in [0.2, 0.25) is 0 Å². The number of nitrogens with one attached hydrogen (secondary N) is 1. The van der Waals surface area contributed by atoms with Crippen LogP contribution in [-0.4, -0.2) is 55.6 Å². The molecule has 1 unspecified atom stereocenters. The Labute approximate surface area is 207 Å². The summed E-state index contributed by atoms with van der Waals surface area (Å²) in [7, 11) is -2.53. The molecule has 2 amide bonds. The van der Waals surface area contributed by atoms with Crippen LogP contribution in [0.3, 0.4) is 0 Å². The topological polar surface area (TPSA) is 86.8 Å². The van der Waals surface area contributed by atoms with Gasteiger partial charge in [0.25, 0.3) is 0 Å². The van der Waals surface area contributed by atoms with Crippen molar-refractivity contribution in [3.05, 3.63) is 77.9 Å². The van der Waals surface area contributed by atoms with E-state index in [0.29, 0.717) is 13.0 Å². The van der Waals surface area contributed by atoms with Crippen LogP contribution in [0.5, 0.6) is 0 Å². The van der Waals surface area contributed by atoms with Crippen LogP contribution in [-0.2, 0) is 26.2 Å². The lowest BCUT2D eigenvalue weighted by atomic mass is 10.1. The lowest BCUT2D eigenvalue weighted by molar-refractivity contribution is -0.141. The molecule has 35 heavy (non-hydrogen) atoms. The maximum absolute atomic E-state index is 13.5. The van der Waals surface area contributed by atoms with Gasteiger partial charge in [0.05, 0.1) is 11.4 Å². The second kappa shape index (κ2) is 11.5. The van der Waals surface area contributed by atoms with Crippen LogP contribution in [0.1, 0.15) is 31.4 Å². The highest BCUT2D eigenvalue weighted by atomic mass is 32.2. The molecule has 1 N–H and O–H groups in total. The lowest BCUT2D eigenvalue weighted by Gasteiger charge is -2.32. The van der Waals surface area contributed by atoms with Gasteiger partial charge in [-0.1, -0.05) is 61.5 Å². The number of carbonyl (C=O) groups excluding carboxylic acids is 2. The molecule has 0 bridgehead atoms. The van der Waals surface area contributed by atoms with Crippen molar-refractivity contribution in [3.8, 4) is 0 Å². The van der Waals surface area contributed by atoms with Gasteiger partial charge in [-0.2, -0.15) is 4.31 Å². The summed E-state index contributed by atoms with van der Waals surface area (Å²) in [5, 5.41) is 4.53. The zero-order valence-electron chi connectivity index (χ0n) is 20.7. The molecule has 8 heteroatoms. The summed E-state index contributed by atoms with van der Waals surface area (Å²) in [6.07, 6.45) is 0.407. The molecule has 1 atom stereocenters. The third kappa shape index (κ3) is 6.07. The van der Waals surface area contributed by atoms with Crippen LogP contribution in [0.15, 0.2) is 71.6 Å². The van der Waals surface area contributed by atoms with E-state index in [1.165, 1.54) is 11.9 Å². The number of carbonyl (C=O) groups is 2. The molecule has 186 valence electrons. The van der Waals surface area contributed by atoms with Gasteiger partial charge in [0, 0.05) is 20.1 Å².